The summed E-state index contributed by atoms with van der Waals surface area (Å²) in [6.45, 7) is 1.17. The van der Waals surface area contributed by atoms with E-state index in [2.05, 4.69) is 0 Å². The van der Waals surface area contributed by atoms with Gasteiger partial charge >= 0.3 is 25.8 Å². The van der Waals surface area contributed by atoms with E-state index >= 15 is 0 Å². The number of hydrogen-bond acceptors (Lipinski definition) is 3. The molecule has 0 atom stereocenters. The molecule has 0 fully saturated rings. The topological polar surface area (TPSA) is 71.4 Å². The zero-order valence-electron chi connectivity index (χ0n) is 4.88. The monoisotopic (exact) mass is 202 g/mol. The molecule has 0 bridgehead atoms. The van der Waals surface area contributed by atoms with E-state index in [0.29, 0.717) is 0 Å². The molecule has 0 aliphatic carbocycles. The van der Waals surface area contributed by atoms with Gasteiger partial charge in [-0.25, -0.2) is 4.79 Å². The van der Waals surface area contributed by atoms with Gasteiger partial charge in [0.05, 0.1) is 6.42 Å². The van der Waals surface area contributed by atoms with Crippen molar-refractivity contribution in [3.05, 3.63) is 0 Å². The van der Waals surface area contributed by atoms with Crippen molar-refractivity contribution in [1.29, 1.82) is 0 Å². The van der Waals surface area contributed by atoms with Crippen LogP contribution in [0, 0.1) is 0 Å². The van der Waals surface area contributed by atoms with E-state index in [4.69, 9.17) is 5.11 Å². The van der Waals surface area contributed by atoms with Crippen LogP contribution in [-0.4, -0.2) is 42.4 Å². The summed E-state index contributed by atoms with van der Waals surface area (Å²) in [5.74, 6) is -3.03. The minimum absolute atomic E-state index is 0. The molecule has 0 saturated carbocycles. The molecule has 0 aliphatic rings. The Balaban J connectivity index is 0. The molecule has 0 rings (SSSR count). The Hall–Kier alpha value is -0.554. The molecule has 10 heavy (non-hydrogen) atoms. The number of aliphatic carboxylic acids is 1. The molecular formula is C5H9GaO4. The van der Waals surface area contributed by atoms with E-state index in [1.54, 1.807) is 0 Å². The number of ketones is 2. The van der Waals surface area contributed by atoms with E-state index in [9.17, 15) is 14.4 Å². The summed E-state index contributed by atoms with van der Waals surface area (Å²) in [6.07, 6.45) is -0.505. The Labute approximate surface area is 70.7 Å². The summed E-state index contributed by atoms with van der Waals surface area (Å²) in [5.41, 5.74) is 0. The van der Waals surface area contributed by atoms with Crippen molar-refractivity contribution in [3.63, 3.8) is 0 Å². The fourth-order valence-electron chi connectivity index (χ4n) is 0.302. The summed E-state index contributed by atoms with van der Waals surface area (Å²) >= 11 is 0. The molecule has 0 heterocycles. The SMILES string of the molecule is CC(=O)CC(=O)C(=O)O.[GaH3]. The first kappa shape index (κ1) is 12.2. The molecular weight excluding hydrogens is 194 g/mol. The van der Waals surface area contributed by atoms with E-state index < -0.39 is 24.0 Å². The van der Waals surface area contributed by atoms with Gasteiger partial charge in [0, 0.05) is 0 Å². The predicted molar refractivity (Wildman–Crippen MR) is 37.9 cm³/mol. The van der Waals surface area contributed by atoms with Crippen LogP contribution in [0.15, 0.2) is 0 Å². The molecule has 0 aromatic heterocycles. The Morgan fingerprint density at radius 2 is 1.70 bits per heavy atom. The van der Waals surface area contributed by atoms with Gasteiger partial charge in [-0.1, -0.05) is 0 Å². The number of hydrogen-bond donors (Lipinski definition) is 1. The van der Waals surface area contributed by atoms with Gasteiger partial charge in [0.1, 0.15) is 5.78 Å². The van der Waals surface area contributed by atoms with E-state index in [1.807, 2.05) is 0 Å². The van der Waals surface area contributed by atoms with Crippen molar-refractivity contribution in [2.45, 2.75) is 13.3 Å². The van der Waals surface area contributed by atoms with Gasteiger partial charge in [-0.15, -0.1) is 0 Å². The Kier molecular flexibility index (Phi) is 6.38. The second-order valence-electron chi connectivity index (χ2n) is 1.61. The average Bonchev–Trinajstić information content (AvgIpc) is 1.63. The third-order valence-electron chi connectivity index (χ3n) is 0.648. The van der Waals surface area contributed by atoms with Crippen LogP contribution in [0.3, 0.4) is 0 Å². The van der Waals surface area contributed by atoms with Gasteiger partial charge in [0.15, 0.2) is 0 Å². The Morgan fingerprint density at radius 1 is 1.30 bits per heavy atom. The van der Waals surface area contributed by atoms with Crippen LogP contribution in [0.2, 0.25) is 0 Å². The molecule has 0 amide bonds. The summed E-state index contributed by atoms with van der Waals surface area (Å²) < 4.78 is 0. The van der Waals surface area contributed by atoms with Crippen LogP contribution in [0.25, 0.3) is 0 Å². The van der Waals surface area contributed by atoms with Crippen molar-refractivity contribution in [3.8, 4) is 0 Å². The van der Waals surface area contributed by atoms with Crippen LogP contribution < -0.4 is 0 Å². The zero-order valence-corrected chi connectivity index (χ0v) is 4.88. The van der Waals surface area contributed by atoms with Crippen molar-refractivity contribution in [2.24, 2.45) is 0 Å². The number of carbonyl (C=O) groups is 3. The van der Waals surface area contributed by atoms with E-state index in [-0.39, 0.29) is 19.8 Å². The Bertz CT molecular complexity index is 163. The molecule has 0 radical (unpaired) electrons. The van der Waals surface area contributed by atoms with Crippen molar-refractivity contribution in [2.75, 3.05) is 0 Å². The molecule has 1 N–H and O–H groups in total. The number of carboxylic acid groups (broad SMARTS) is 1. The molecule has 0 aliphatic heterocycles. The average molecular weight is 203 g/mol. The second-order valence-corrected chi connectivity index (χ2v) is 1.61. The maximum absolute atomic E-state index is 10.1. The molecule has 56 valence electrons. The first-order valence-corrected chi connectivity index (χ1v) is 2.29. The number of carbonyl (C=O) groups excluding carboxylic acids is 2. The third-order valence-corrected chi connectivity index (χ3v) is 0.648. The maximum atomic E-state index is 10.1. The van der Waals surface area contributed by atoms with Crippen molar-refractivity contribution >= 4 is 37.3 Å². The zero-order chi connectivity index (χ0) is 7.44. The van der Waals surface area contributed by atoms with Gasteiger partial charge in [0.25, 0.3) is 0 Å². The fourth-order valence-corrected chi connectivity index (χ4v) is 0.302. The van der Waals surface area contributed by atoms with Crippen LogP contribution in [0.5, 0.6) is 0 Å². The molecule has 0 unspecified atom stereocenters. The van der Waals surface area contributed by atoms with Gasteiger partial charge in [-0.05, 0) is 6.92 Å². The summed E-state index contributed by atoms with van der Waals surface area (Å²) in [7, 11) is 0. The van der Waals surface area contributed by atoms with Crippen molar-refractivity contribution in [1.82, 2.24) is 0 Å². The predicted octanol–water partition coefficient (Wildman–Crippen LogP) is -1.56. The molecule has 0 aromatic rings. The van der Waals surface area contributed by atoms with Crippen LogP contribution >= 0.6 is 0 Å². The standard InChI is InChI=1S/C5H6O4.Ga.3H/c1-3(6)2-4(7)5(8)9;;;;/h2H2,1H3,(H,8,9);;;;. The van der Waals surface area contributed by atoms with Crippen LogP contribution in [-0.2, 0) is 14.4 Å². The quantitative estimate of drug-likeness (QED) is 0.341. The molecule has 4 nitrogen and oxygen atoms in total. The van der Waals surface area contributed by atoms with Gasteiger partial charge in [0.2, 0.25) is 5.78 Å². The Morgan fingerprint density at radius 3 is 1.80 bits per heavy atom. The van der Waals surface area contributed by atoms with Crippen molar-refractivity contribution < 1.29 is 19.5 Å². The summed E-state index contributed by atoms with van der Waals surface area (Å²) in [5, 5.41) is 7.93. The minimum atomic E-state index is -1.55. The van der Waals surface area contributed by atoms with Crippen LogP contribution in [0.1, 0.15) is 13.3 Å². The van der Waals surface area contributed by atoms with E-state index in [1.165, 1.54) is 6.92 Å². The van der Waals surface area contributed by atoms with Gasteiger partial charge in [-0.3, -0.25) is 9.59 Å². The molecule has 0 saturated heterocycles. The molecule has 0 aromatic carbocycles. The fraction of sp³-hybridized carbons (Fsp3) is 0.400. The summed E-state index contributed by atoms with van der Waals surface area (Å²) in [4.78, 5) is 29.9. The van der Waals surface area contributed by atoms with Crippen LogP contribution in [0.4, 0.5) is 0 Å². The first-order chi connectivity index (χ1) is 4.04. The summed E-state index contributed by atoms with van der Waals surface area (Å²) in [6, 6.07) is 0. The number of rotatable bonds is 3. The van der Waals surface area contributed by atoms with E-state index in [0.717, 1.165) is 0 Å². The number of Topliss-reactive ketones (excluding diaryl/α,β-unsaturated/α-hetero) is 2. The normalized spacial score (nSPS) is 7.70. The third kappa shape index (κ3) is 5.58. The first-order valence-electron chi connectivity index (χ1n) is 2.29. The molecule has 0 spiro atoms. The van der Waals surface area contributed by atoms with Gasteiger partial charge in [-0.2, -0.15) is 0 Å². The number of carboxylic acids is 1. The van der Waals surface area contributed by atoms with Gasteiger partial charge < -0.3 is 5.11 Å². The molecule has 5 heteroatoms. The second kappa shape index (κ2) is 5.25.